The summed E-state index contributed by atoms with van der Waals surface area (Å²) in [6, 6.07) is 5.47. The molecule has 0 aliphatic rings. The van der Waals surface area contributed by atoms with Crippen LogP contribution in [-0.2, 0) is 6.42 Å². The lowest BCUT2D eigenvalue weighted by molar-refractivity contribution is 1.28. The molecule has 0 N–H and O–H groups in total. The molecule has 0 aliphatic heterocycles. The molecule has 1 aromatic rings. The summed E-state index contributed by atoms with van der Waals surface area (Å²) in [5.74, 6) is 0. The van der Waals surface area contributed by atoms with Gasteiger partial charge in [-0.3, -0.25) is 0 Å². The third-order valence-corrected chi connectivity index (χ3v) is 1.97. The maximum Gasteiger partial charge on any atom is 0.0455 e. The first-order valence-corrected chi connectivity index (χ1v) is 4.04. The molecule has 0 atom stereocenters. The van der Waals surface area contributed by atoms with E-state index >= 15 is 0 Å². The minimum atomic E-state index is 0.669. The zero-order valence-electron chi connectivity index (χ0n) is 5.98. The Hall–Kier alpha value is -0.460. The molecule has 58 valence electrons. The number of hydrogen-bond acceptors (Lipinski definition) is 0. The first kappa shape index (κ1) is 8.63. The Balaban J connectivity index is 2.98. The Morgan fingerprint density at radius 2 is 2.09 bits per heavy atom. The lowest BCUT2D eigenvalue weighted by Gasteiger charge is -1.99. The average Bonchev–Trinajstić information content (AvgIpc) is 1.95. The van der Waals surface area contributed by atoms with Gasteiger partial charge in [-0.15, -0.1) is 6.58 Å². The van der Waals surface area contributed by atoms with Crippen molar-refractivity contribution in [3.63, 3.8) is 0 Å². The fourth-order valence-electron chi connectivity index (χ4n) is 0.843. The smallest absolute Gasteiger partial charge is 0.0455 e. The quantitative estimate of drug-likeness (QED) is 0.619. The minimum absolute atomic E-state index is 0.669. The molecule has 0 unspecified atom stereocenters. The molecule has 0 heterocycles. The molecule has 0 amide bonds. The summed E-state index contributed by atoms with van der Waals surface area (Å²) in [6.45, 7) is 3.63. The molecule has 0 fully saturated rings. The fraction of sp³-hybridized carbons (Fsp3) is 0.111. The van der Waals surface area contributed by atoms with Crippen LogP contribution in [0.5, 0.6) is 0 Å². The van der Waals surface area contributed by atoms with Crippen LogP contribution in [0.1, 0.15) is 5.56 Å². The van der Waals surface area contributed by atoms with E-state index < -0.39 is 0 Å². The monoisotopic (exact) mass is 186 g/mol. The third kappa shape index (κ3) is 2.25. The Morgan fingerprint density at radius 1 is 1.36 bits per heavy atom. The van der Waals surface area contributed by atoms with Crippen molar-refractivity contribution in [1.82, 2.24) is 0 Å². The maximum atomic E-state index is 5.88. The number of allylic oxidation sites excluding steroid dienone is 1. The number of hydrogen-bond donors (Lipinski definition) is 0. The second kappa shape index (κ2) is 3.80. The van der Waals surface area contributed by atoms with E-state index in [4.69, 9.17) is 23.2 Å². The van der Waals surface area contributed by atoms with Crippen LogP contribution in [0, 0.1) is 0 Å². The summed E-state index contributed by atoms with van der Waals surface area (Å²) >= 11 is 11.6. The van der Waals surface area contributed by atoms with Gasteiger partial charge in [-0.05, 0) is 24.1 Å². The van der Waals surface area contributed by atoms with Crippen molar-refractivity contribution in [2.24, 2.45) is 0 Å². The van der Waals surface area contributed by atoms with Gasteiger partial charge in [0.1, 0.15) is 0 Å². The SMILES string of the molecule is C=CCc1ccc(Cl)cc1Cl. The molecule has 0 bridgehead atoms. The summed E-state index contributed by atoms with van der Waals surface area (Å²) in [4.78, 5) is 0. The average molecular weight is 187 g/mol. The molecule has 0 saturated heterocycles. The minimum Gasteiger partial charge on any atom is -0.103 e. The van der Waals surface area contributed by atoms with E-state index in [9.17, 15) is 0 Å². The van der Waals surface area contributed by atoms with E-state index in [1.807, 2.05) is 18.2 Å². The van der Waals surface area contributed by atoms with Crippen molar-refractivity contribution in [2.75, 3.05) is 0 Å². The zero-order chi connectivity index (χ0) is 8.27. The van der Waals surface area contributed by atoms with Gasteiger partial charge in [-0.1, -0.05) is 35.3 Å². The van der Waals surface area contributed by atoms with Crippen molar-refractivity contribution >= 4 is 23.2 Å². The molecule has 0 saturated carbocycles. The van der Waals surface area contributed by atoms with Crippen LogP contribution in [0.2, 0.25) is 10.0 Å². The van der Waals surface area contributed by atoms with Crippen LogP contribution in [0.3, 0.4) is 0 Å². The molecular formula is C9H8Cl2. The van der Waals surface area contributed by atoms with Gasteiger partial charge < -0.3 is 0 Å². The highest BCUT2D eigenvalue weighted by molar-refractivity contribution is 6.35. The van der Waals surface area contributed by atoms with E-state index in [1.165, 1.54) is 0 Å². The Morgan fingerprint density at radius 3 is 2.64 bits per heavy atom. The van der Waals surface area contributed by atoms with Crippen LogP contribution >= 0.6 is 23.2 Å². The number of halogens is 2. The van der Waals surface area contributed by atoms with Gasteiger partial charge in [-0.25, -0.2) is 0 Å². The summed E-state index contributed by atoms with van der Waals surface area (Å²) in [6.07, 6.45) is 2.60. The van der Waals surface area contributed by atoms with Gasteiger partial charge in [0.05, 0.1) is 0 Å². The molecule has 1 rings (SSSR count). The molecular weight excluding hydrogens is 179 g/mol. The highest BCUT2D eigenvalue weighted by Crippen LogP contribution is 2.21. The van der Waals surface area contributed by atoms with E-state index in [0.29, 0.717) is 10.0 Å². The number of benzene rings is 1. The maximum absolute atomic E-state index is 5.88. The summed E-state index contributed by atoms with van der Waals surface area (Å²) < 4.78 is 0. The topological polar surface area (TPSA) is 0 Å². The van der Waals surface area contributed by atoms with Gasteiger partial charge in [0.25, 0.3) is 0 Å². The van der Waals surface area contributed by atoms with Crippen molar-refractivity contribution in [2.45, 2.75) is 6.42 Å². The summed E-state index contributed by atoms with van der Waals surface area (Å²) in [7, 11) is 0. The highest BCUT2D eigenvalue weighted by Gasteiger charge is 1.97. The molecule has 0 radical (unpaired) electrons. The van der Waals surface area contributed by atoms with Crippen LogP contribution in [-0.4, -0.2) is 0 Å². The van der Waals surface area contributed by atoms with Crippen molar-refractivity contribution < 1.29 is 0 Å². The first-order chi connectivity index (χ1) is 5.24. The molecule has 0 aliphatic carbocycles. The summed E-state index contributed by atoms with van der Waals surface area (Å²) in [5, 5.41) is 1.38. The van der Waals surface area contributed by atoms with Crippen LogP contribution < -0.4 is 0 Å². The Bertz CT molecular complexity index is 266. The second-order valence-corrected chi connectivity index (χ2v) is 3.07. The fourth-order valence-corrected chi connectivity index (χ4v) is 1.33. The first-order valence-electron chi connectivity index (χ1n) is 3.29. The van der Waals surface area contributed by atoms with Crippen molar-refractivity contribution in [1.29, 1.82) is 0 Å². The standard InChI is InChI=1S/C9H8Cl2/c1-2-3-7-4-5-8(10)6-9(7)11/h2,4-6H,1,3H2. The predicted molar refractivity (Wildman–Crippen MR) is 50.4 cm³/mol. The van der Waals surface area contributed by atoms with Crippen molar-refractivity contribution in [3.05, 3.63) is 46.5 Å². The zero-order valence-corrected chi connectivity index (χ0v) is 7.49. The van der Waals surface area contributed by atoms with Gasteiger partial charge in [0.2, 0.25) is 0 Å². The van der Waals surface area contributed by atoms with Crippen LogP contribution in [0.15, 0.2) is 30.9 Å². The van der Waals surface area contributed by atoms with E-state index in [2.05, 4.69) is 6.58 Å². The lowest BCUT2D eigenvalue weighted by atomic mass is 10.1. The van der Waals surface area contributed by atoms with Crippen LogP contribution in [0.25, 0.3) is 0 Å². The molecule has 1 aromatic carbocycles. The van der Waals surface area contributed by atoms with Crippen LogP contribution in [0.4, 0.5) is 0 Å². The van der Waals surface area contributed by atoms with Gasteiger partial charge >= 0.3 is 0 Å². The summed E-state index contributed by atoms with van der Waals surface area (Å²) in [5.41, 5.74) is 1.06. The van der Waals surface area contributed by atoms with Crippen molar-refractivity contribution in [3.8, 4) is 0 Å². The van der Waals surface area contributed by atoms with Gasteiger partial charge in [0, 0.05) is 10.0 Å². The molecule has 0 nitrogen and oxygen atoms in total. The molecule has 2 heteroatoms. The molecule has 11 heavy (non-hydrogen) atoms. The Kier molecular flexibility index (Phi) is 2.98. The lowest BCUT2D eigenvalue weighted by Crippen LogP contribution is -1.81. The molecule has 0 aromatic heterocycles. The third-order valence-electron chi connectivity index (χ3n) is 1.38. The predicted octanol–water partition coefficient (Wildman–Crippen LogP) is 3.72. The number of rotatable bonds is 2. The molecule has 0 spiro atoms. The Labute approximate surface area is 76.4 Å². The largest absolute Gasteiger partial charge is 0.103 e. The highest BCUT2D eigenvalue weighted by atomic mass is 35.5. The van der Waals surface area contributed by atoms with Gasteiger partial charge in [0.15, 0.2) is 0 Å². The van der Waals surface area contributed by atoms with E-state index in [-0.39, 0.29) is 0 Å². The van der Waals surface area contributed by atoms with E-state index in [1.54, 1.807) is 6.07 Å². The second-order valence-electron chi connectivity index (χ2n) is 2.23. The van der Waals surface area contributed by atoms with E-state index in [0.717, 1.165) is 12.0 Å². The van der Waals surface area contributed by atoms with Gasteiger partial charge in [-0.2, -0.15) is 0 Å². The normalized spacial score (nSPS) is 9.64.